The fourth-order valence-electron chi connectivity index (χ4n) is 6.68. The Morgan fingerprint density at radius 2 is 1.62 bits per heavy atom. The molecule has 2 saturated heterocycles. The third-order valence-electron chi connectivity index (χ3n) is 8.89. The van der Waals surface area contributed by atoms with Gasteiger partial charge in [0.25, 0.3) is 5.91 Å². The number of amides is 2. The van der Waals surface area contributed by atoms with Crippen LogP contribution < -0.4 is 4.74 Å². The number of piperidine rings is 1. The van der Waals surface area contributed by atoms with Crippen LogP contribution in [0.1, 0.15) is 47.2 Å². The van der Waals surface area contributed by atoms with E-state index in [0.717, 1.165) is 81.7 Å². The first kappa shape index (κ1) is 23.8. The van der Waals surface area contributed by atoms with E-state index in [9.17, 15) is 9.59 Å². The first-order chi connectivity index (χ1) is 18.1. The third kappa shape index (κ3) is 4.43. The van der Waals surface area contributed by atoms with E-state index in [1.165, 1.54) is 11.1 Å². The summed E-state index contributed by atoms with van der Waals surface area (Å²) in [7, 11) is 1.71. The number of fused-ring (bicyclic) bond motifs is 1. The van der Waals surface area contributed by atoms with Gasteiger partial charge in [-0.25, -0.2) is 0 Å². The van der Waals surface area contributed by atoms with Crippen LogP contribution >= 0.6 is 0 Å². The third-order valence-corrected chi connectivity index (χ3v) is 8.89. The molecule has 2 fully saturated rings. The molecule has 1 spiro atoms. The second-order valence-electron chi connectivity index (χ2n) is 10.9. The van der Waals surface area contributed by atoms with Crippen molar-refractivity contribution >= 4 is 11.8 Å². The summed E-state index contributed by atoms with van der Waals surface area (Å²) in [6.45, 7) is 3.14. The lowest BCUT2D eigenvalue weighted by Crippen LogP contribution is -2.45. The average molecular weight is 498 g/mol. The zero-order chi connectivity index (χ0) is 25.4. The predicted octanol–water partition coefficient (Wildman–Crippen LogP) is 4.75. The van der Waals surface area contributed by atoms with Crippen LogP contribution in [0.15, 0.2) is 67.0 Å². The van der Waals surface area contributed by atoms with Crippen molar-refractivity contribution < 1.29 is 14.3 Å². The Bertz CT molecular complexity index is 1280. The quantitative estimate of drug-likeness (QED) is 0.523. The molecule has 0 saturated carbocycles. The van der Waals surface area contributed by atoms with Crippen molar-refractivity contribution in [3.8, 4) is 11.4 Å². The maximum atomic E-state index is 13.6. The number of ether oxygens (including phenoxy) is 1. The highest BCUT2D eigenvalue weighted by molar-refractivity contribution is 5.97. The van der Waals surface area contributed by atoms with Gasteiger partial charge in [0.15, 0.2) is 0 Å². The number of hydrogen-bond acceptors (Lipinski definition) is 3. The zero-order valence-electron chi connectivity index (χ0n) is 21.6. The van der Waals surface area contributed by atoms with Crippen LogP contribution in [0.4, 0.5) is 0 Å². The van der Waals surface area contributed by atoms with Gasteiger partial charge in [0, 0.05) is 44.5 Å². The van der Waals surface area contributed by atoms with Crippen LogP contribution in [0.25, 0.3) is 5.69 Å². The van der Waals surface area contributed by atoms with Gasteiger partial charge < -0.3 is 19.1 Å². The largest absolute Gasteiger partial charge is 0.496 e. The van der Waals surface area contributed by atoms with Crippen molar-refractivity contribution in [2.45, 2.75) is 38.5 Å². The first-order valence-electron chi connectivity index (χ1n) is 13.5. The molecule has 0 N–H and O–H groups in total. The fraction of sp³-hybridized carbons (Fsp3) is 0.419. The zero-order valence-corrected chi connectivity index (χ0v) is 21.6. The predicted molar refractivity (Wildman–Crippen MR) is 143 cm³/mol. The molecule has 6 nitrogen and oxygen atoms in total. The smallest absolute Gasteiger partial charge is 0.255 e. The fourth-order valence-corrected chi connectivity index (χ4v) is 6.68. The lowest BCUT2D eigenvalue weighted by atomic mass is 9.77. The molecule has 1 aromatic heterocycles. The summed E-state index contributed by atoms with van der Waals surface area (Å²) in [6, 6.07) is 18.0. The number of aryl methyl sites for hydroxylation is 1. The van der Waals surface area contributed by atoms with Crippen LogP contribution in [-0.4, -0.2) is 59.5 Å². The van der Waals surface area contributed by atoms with Gasteiger partial charge in [0.1, 0.15) is 5.75 Å². The minimum Gasteiger partial charge on any atom is -0.496 e. The molecular weight excluding hydrogens is 462 g/mol. The number of para-hydroxylation sites is 1. The van der Waals surface area contributed by atoms with Crippen molar-refractivity contribution in [1.29, 1.82) is 0 Å². The van der Waals surface area contributed by atoms with E-state index in [2.05, 4.69) is 11.0 Å². The molecule has 0 radical (unpaired) electrons. The Labute approximate surface area is 218 Å². The summed E-state index contributed by atoms with van der Waals surface area (Å²) in [5.41, 5.74) is 4.32. The summed E-state index contributed by atoms with van der Waals surface area (Å²) in [4.78, 5) is 31.2. The molecule has 2 aliphatic heterocycles. The van der Waals surface area contributed by atoms with E-state index in [1.807, 2.05) is 70.4 Å². The molecule has 0 bridgehead atoms. The van der Waals surface area contributed by atoms with E-state index < -0.39 is 0 Å². The number of carbonyl (C=O) groups is 2. The minimum atomic E-state index is 0.0332. The Kier molecular flexibility index (Phi) is 6.27. The van der Waals surface area contributed by atoms with Gasteiger partial charge in [0.2, 0.25) is 5.91 Å². The monoisotopic (exact) mass is 497 g/mol. The Hall–Kier alpha value is -3.54. The second-order valence-corrected chi connectivity index (χ2v) is 10.9. The lowest BCUT2D eigenvalue weighted by Gasteiger charge is -2.39. The number of methoxy groups -OCH3 is 1. The minimum absolute atomic E-state index is 0.0332. The Morgan fingerprint density at radius 1 is 0.892 bits per heavy atom. The molecular formula is C31H35N3O3. The van der Waals surface area contributed by atoms with Crippen molar-refractivity contribution in [3.05, 3.63) is 83.7 Å². The number of benzene rings is 2. The molecule has 3 aliphatic rings. The van der Waals surface area contributed by atoms with Gasteiger partial charge in [0.05, 0.1) is 18.4 Å². The highest BCUT2D eigenvalue weighted by atomic mass is 16.5. The second kappa shape index (κ2) is 9.73. The first-order valence-corrected chi connectivity index (χ1v) is 13.5. The summed E-state index contributed by atoms with van der Waals surface area (Å²) in [5, 5.41) is 0. The molecule has 2 aromatic carbocycles. The van der Waals surface area contributed by atoms with Crippen LogP contribution in [0.5, 0.6) is 5.75 Å². The SMILES string of the molecule is COc1cccc2c1CC(C(=O)N1CCC3(CCN(C(=O)c4ccccc4-n4cccc4)CC3)C1)CC2. The highest BCUT2D eigenvalue weighted by Gasteiger charge is 2.44. The molecule has 1 atom stereocenters. The molecule has 3 heterocycles. The van der Waals surface area contributed by atoms with Crippen LogP contribution in [0, 0.1) is 11.3 Å². The molecule has 1 aliphatic carbocycles. The number of rotatable bonds is 4. The molecule has 3 aromatic rings. The van der Waals surface area contributed by atoms with E-state index >= 15 is 0 Å². The van der Waals surface area contributed by atoms with E-state index in [0.29, 0.717) is 5.91 Å². The summed E-state index contributed by atoms with van der Waals surface area (Å²) >= 11 is 0. The van der Waals surface area contributed by atoms with Crippen molar-refractivity contribution in [2.24, 2.45) is 11.3 Å². The molecule has 37 heavy (non-hydrogen) atoms. The summed E-state index contributed by atoms with van der Waals surface area (Å²) < 4.78 is 7.59. The number of carbonyl (C=O) groups excluding carboxylic acids is 2. The normalized spacial score (nSPS) is 20.6. The van der Waals surface area contributed by atoms with Crippen molar-refractivity contribution in [3.63, 3.8) is 0 Å². The molecule has 6 heteroatoms. The van der Waals surface area contributed by atoms with E-state index in [-0.39, 0.29) is 17.2 Å². The molecule has 2 amide bonds. The number of nitrogens with zero attached hydrogens (tertiary/aromatic N) is 3. The Morgan fingerprint density at radius 3 is 2.38 bits per heavy atom. The van der Waals surface area contributed by atoms with Crippen molar-refractivity contribution in [1.82, 2.24) is 14.4 Å². The van der Waals surface area contributed by atoms with Gasteiger partial charge in [-0.3, -0.25) is 9.59 Å². The van der Waals surface area contributed by atoms with Crippen LogP contribution in [0.3, 0.4) is 0 Å². The summed E-state index contributed by atoms with van der Waals surface area (Å²) in [5.74, 6) is 1.33. The number of likely N-dealkylation sites (tertiary alicyclic amines) is 2. The average Bonchev–Trinajstić information content (AvgIpc) is 3.63. The Balaban J connectivity index is 1.09. The standard InChI is InChI=1S/C31H35N3O3/c1-37-28-10-6-7-23-11-12-24(21-26(23)28)29(35)34-20-15-31(22-34)13-18-33(19-14-31)30(36)25-8-2-3-9-27(25)32-16-4-5-17-32/h2-10,16-17,24H,11-15,18-22H2,1H3. The molecule has 6 rings (SSSR count). The number of hydrogen-bond donors (Lipinski definition) is 0. The van der Waals surface area contributed by atoms with E-state index in [1.54, 1.807) is 7.11 Å². The van der Waals surface area contributed by atoms with Gasteiger partial charge >= 0.3 is 0 Å². The van der Waals surface area contributed by atoms with Gasteiger partial charge in [-0.1, -0.05) is 24.3 Å². The van der Waals surface area contributed by atoms with Gasteiger partial charge in [-0.2, -0.15) is 0 Å². The van der Waals surface area contributed by atoms with Crippen molar-refractivity contribution in [2.75, 3.05) is 33.3 Å². The number of aromatic nitrogens is 1. The molecule has 1 unspecified atom stereocenters. The highest BCUT2D eigenvalue weighted by Crippen LogP contribution is 2.42. The molecule has 192 valence electrons. The lowest BCUT2D eigenvalue weighted by molar-refractivity contribution is -0.135. The van der Waals surface area contributed by atoms with Gasteiger partial charge in [-0.15, -0.1) is 0 Å². The maximum absolute atomic E-state index is 13.6. The van der Waals surface area contributed by atoms with Crippen LogP contribution in [-0.2, 0) is 17.6 Å². The summed E-state index contributed by atoms with van der Waals surface area (Å²) in [6.07, 6.45) is 9.50. The van der Waals surface area contributed by atoms with E-state index in [4.69, 9.17) is 4.74 Å². The van der Waals surface area contributed by atoms with Crippen LogP contribution in [0.2, 0.25) is 0 Å². The topological polar surface area (TPSA) is 54.8 Å². The maximum Gasteiger partial charge on any atom is 0.255 e. The van der Waals surface area contributed by atoms with Gasteiger partial charge in [-0.05, 0) is 85.4 Å².